The zero-order chi connectivity index (χ0) is 23.5. The Morgan fingerprint density at radius 3 is 1.61 bits per heavy atom. The second kappa shape index (κ2) is 19.0. The Bertz CT molecular complexity index is 627. The van der Waals surface area contributed by atoms with Crippen molar-refractivity contribution >= 4 is 21.0 Å². The summed E-state index contributed by atoms with van der Waals surface area (Å²) < 4.78 is 31.2. The van der Waals surface area contributed by atoms with Gasteiger partial charge in [0.25, 0.3) is 0 Å². The molecule has 0 bridgehead atoms. The highest BCUT2D eigenvalue weighted by molar-refractivity contribution is 7.96. The van der Waals surface area contributed by atoms with E-state index in [0.29, 0.717) is 10.9 Å². The molecule has 0 heterocycles. The van der Waals surface area contributed by atoms with Gasteiger partial charge in [-0.2, -0.15) is 0 Å². The topological polar surface area (TPSA) is 57.2 Å². The van der Waals surface area contributed by atoms with Crippen LogP contribution in [-0.2, 0) is 21.0 Å². The average molecular weight is 473 g/mol. The summed E-state index contributed by atoms with van der Waals surface area (Å²) in [5.41, 5.74) is 0.928. The number of unbranched alkanes of at least 4 members (excludes halogenated alkanes) is 11. The molecule has 0 saturated heterocycles. The van der Waals surface area contributed by atoms with Crippen molar-refractivity contribution < 1.29 is 13.0 Å². The van der Waals surface area contributed by atoms with E-state index in [1.165, 1.54) is 101 Å². The van der Waals surface area contributed by atoms with Crippen molar-refractivity contribution in [1.29, 1.82) is 0 Å². The lowest BCUT2D eigenvalue weighted by Gasteiger charge is -2.10. The second-order valence-electron chi connectivity index (χ2n) is 8.74. The van der Waals surface area contributed by atoms with Crippen molar-refractivity contribution in [1.82, 2.24) is 0 Å². The molecule has 3 nitrogen and oxygen atoms in total. The van der Waals surface area contributed by atoms with Crippen molar-refractivity contribution in [2.75, 3.05) is 12.0 Å². The molecule has 0 aliphatic rings. The van der Waals surface area contributed by atoms with Crippen LogP contribution in [0.3, 0.4) is 0 Å². The molecule has 182 valence electrons. The molecule has 0 aliphatic heterocycles. The zero-order valence-electron chi connectivity index (χ0n) is 20.8. The maximum atomic E-state index is 10.4. The van der Waals surface area contributed by atoms with Gasteiger partial charge in [0.1, 0.15) is 21.1 Å². The first kappa shape index (κ1) is 30.5. The number of aryl methyl sites for hydroxylation is 1. The first-order valence-electron chi connectivity index (χ1n) is 12.4. The minimum atomic E-state index is -4.27. The molecular formula is C26H48O3S2. The van der Waals surface area contributed by atoms with Crippen LogP contribution >= 0.6 is 0 Å². The predicted molar refractivity (Wildman–Crippen MR) is 138 cm³/mol. The van der Waals surface area contributed by atoms with Crippen LogP contribution in [0, 0.1) is 6.92 Å². The summed E-state index contributed by atoms with van der Waals surface area (Å²) in [6, 6.07) is 5.78. The van der Waals surface area contributed by atoms with Gasteiger partial charge in [0.2, 0.25) is 0 Å². The van der Waals surface area contributed by atoms with Gasteiger partial charge in [-0.1, -0.05) is 95.2 Å². The molecule has 1 rings (SSSR count). The van der Waals surface area contributed by atoms with Gasteiger partial charge in [-0.25, -0.2) is 8.42 Å². The average Bonchev–Trinajstić information content (AvgIpc) is 2.73. The highest BCUT2D eigenvalue weighted by atomic mass is 32.2. The molecular weight excluding hydrogens is 424 g/mol. The fourth-order valence-electron chi connectivity index (χ4n) is 3.46. The quantitative estimate of drug-likeness (QED) is 0.141. The van der Waals surface area contributed by atoms with E-state index < -0.39 is 10.1 Å². The van der Waals surface area contributed by atoms with Crippen molar-refractivity contribution in [2.24, 2.45) is 0 Å². The largest absolute Gasteiger partial charge is 0.744 e. The summed E-state index contributed by atoms with van der Waals surface area (Å²) in [5, 5.41) is 0.961. The van der Waals surface area contributed by atoms with Gasteiger partial charge >= 0.3 is 0 Å². The van der Waals surface area contributed by atoms with Gasteiger partial charge < -0.3 is 4.55 Å². The standard InChI is InChI=1S/C19H41S.C7H8O3S/c1-5-7-8-9-10-11-12-13-14-15-16-17-18-19(3)20(4)6-2;1-6-2-4-7(5-3-6)11(8,9)10/h19H,5-18H2,1-4H3;2-5H,1H3,(H,8,9,10)/q+1;/p-1. The summed E-state index contributed by atoms with van der Waals surface area (Å²) in [7, 11) is -3.61. The summed E-state index contributed by atoms with van der Waals surface area (Å²) in [5.74, 6) is 1.37. The van der Waals surface area contributed by atoms with Crippen LogP contribution in [0.4, 0.5) is 0 Å². The van der Waals surface area contributed by atoms with Crippen LogP contribution in [0.2, 0.25) is 0 Å². The molecule has 0 fully saturated rings. The number of hydrogen-bond acceptors (Lipinski definition) is 3. The van der Waals surface area contributed by atoms with Crippen LogP contribution < -0.4 is 0 Å². The lowest BCUT2D eigenvalue weighted by atomic mass is 10.0. The van der Waals surface area contributed by atoms with Gasteiger partial charge in [0, 0.05) is 0 Å². The smallest absolute Gasteiger partial charge is 0.124 e. The van der Waals surface area contributed by atoms with Crippen LogP contribution in [0.1, 0.15) is 110 Å². The summed E-state index contributed by atoms with van der Waals surface area (Å²) in [6.45, 7) is 8.90. The van der Waals surface area contributed by atoms with Crippen molar-refractivity contribution in [3.8, 4) is 0 Å². The molecule has 2 unspecified atom stereocenters. The fraction of sp³-hybridized carbons (Fsp3) is 0.769. The normalized spacial score (nSPS) is 13.4. The Hall–Kier alpha value is -0.520. The molecule has 1 aromatic rings. The van der Waals surface area contributed by atoms with E-state index in [1.54, 1.807) is 12.1 Å². The van der Waals surface area contributed by atoms with Gasteiger partial charge in [0.05, 0.1) is 11.2 Å². The second-order valence-corrected chi connectivity index (χ2v) is 12.9. The third-order valence-electron chi connectivity index (χ3n) is 5.92. The Labute approximate surface area is 196 Å². The van der Waals surface area contributed by atoms with E-state index in [-0.39, 0.29) is 4.90 Å². The molecule has 0 saturated carbocycles. The van der Waals surface area contributed by atoms with E-state index in [1.807, 2.05) is 6.92 Å². The maximum Gasteiger partial charge on any atom is 0.124 e. The number of rotatable bonds is 16. The Morgan fingerprint density at radius 2 is 1.23 bits per heavy atom. The van der Waals surface area contributed by atoms with E-state index in [9.17, 15) is 13.0 Å². The molecule has 0 aromatic heterocycles. The zero-order valence-corrected chi connectivity index (χ0v) is 22.5. The van der Waals surface area contributed by atoms with Crippen molar-refractivity contribution in [3.05, 3.63) is 29.8 Å². The molecule has 0 radical (unpaired) electrons. The Balaban J connectivity index is 0.000000683. The molecule has 31 heavy (non-hydrogen) atoms. The Kier molecular flexibility index (Phi) is 18.7. The van der Waals surface area contributed by atoms with Gasteiger partial charge in [0.15, 0.2) is 0 Å². The third kappa shape index (κ3) is 17.7. The van der Waals surface area contributed by atoms with E-state index in [0.717, 1.165) is 10.8 Å². The lowest BCUT2D eigenvalue weighted by Crippen LogP contribution is -2.18. The van der Waals surface area contributed by atoms with Gasteiger partial charge in [-0.05, 0) is 56.6 Å². The summed E-state index contributed by atoms with van der Waals surface area (Å²) in [4.78, 5) is -0.178. The van der Waals surface area contributed by atoms with Crippen molar-refractivity contribution in [2.45, 2.75) is 121 Å². The first-order chi connectivity index (χ1) is 14.7. The van der Waals surface area contributed by atoms with Crippen molar-refractivity contribution in [3.63, 3.8) is 0 Å². The van der Waals surface area contributed by atoms with Crippen LogP contribution in [0.15, 0.2) is 29.2 Å². The summed E-state index contributed by atoms with van der Waals surface area (Å²) >= 11 is 0. The van der Waals surface area contributed by atoms with Crippen LogP contribution in [0.5, 0.6) is 0 Å². The van der Waals surface area contributed by atoms with Gasteiger partial charge in [-0.3, -0.25) is 0 Å². The predicted octanol–water partition coefficient (Wildman–Crippen LogP) is 7.63. The number of benzene rings is 1. The number of hydrogen-bond donors (Lipinski definition) is 0. The minimum Gasteiger partial charge on any atom is -0.744 e. The van der Waals surface area contributed by atoms with Gasteiger partial charge in [-0.15, -0.1) is 0 Å². The third-order valence-corrected chi connectivity index (χ3v) is 9.29. The highest BCUT2D eigenvalue weighted by Crippen LogP contribution is 2.15. The first-order valence-corrected chi connectivity index (χ1v) is 15.6. The van der Waals surface area contributed by atoms with Crippen LogP contribution in [-0.4, -0.2) is 30.2 Å². The molecule has 0 N–H and O–H groups in total. The SMILES string of the molecule is CCCCCCCCCCCCCCC(C)[S+](C)CC.Cc1ccc(S(=O)(=O)[O-])cc1. The monoisotopic (exact) mass is 472 g/mol. The maximum absolute atomic E-state index is 10.4. The molecule has 0 spiro atoms. The van der Waals surface area contributed by atoms with E-state index in [2.05, 4.69) is 27.0 Å². The van der Waals surface area contributed by atoms with E-state index >= 15 is 0 Å². The Morgan fingerprint density at radius 1 is 0.806 bits per heavy atom. The molecule has 0 aliphatic carbocycles. The van der Waals surface area contributed by atoms with E-state index in [4.69, 9.17) is 0 Å². The molecule has 2 atom stereocenters. The molecule has 5 heteroatoms. The minimum absolute atomic E-state index is 0.178. The molecule has 1 aromatic carbocycles. The fourth-order valence-corrected chi connectivity index (χ4v) is 5.07. The summed E-state index contributed by atoms with van der Waals surface area (Å²) in [6.07, 6.45) is 21.5. The lowest BCUT2D eigenvalue weighted by molar-refractivity contribution is 0.463. The highest BCUT2D eigenvalue weighted by Gasteiger charge is 2.17. The van der Waals surface area contributed by atoms with Crippen LogP contribution in [0.25, 0.3) is 0 Å². The molecule has 0 amide bonds.